The second-order valence-electron chi connectivity index (χ2n) is 5.45. The second-order valence-corrected chi connectivity index (χ2v) is 5.45. The molecule has 0 radical (unpaired) electrons. The quantitative estimate of drug-likeness (QED) is 0.721. The standard InChI is InChI=1S/C16H15F2N5O3/c1-9(15-19-8-20-23(15)2)21-16(24)13-6-10(26-22-13)7-25-14-11(17)4-3-5-12(14)18/h3-6,8-9H,7H2,1-2H3,(H,21,24)/t9-/m1/s1. The van der Waals surface area contributed by atoms with Crippen LogP contribution in [0.2, 0.25) is 0 Å². The summed E-state index contributed by atoms with van der Waals surface area (Å²) in [5.74, 6) is -1.97. The topological polar surface area (TPSA) is 95.1 Å². The zero-order valence-corrected chi connectivity index (χ0v) is 13.9. The van der Waals surface area contributed by atoms with Gasteiger partial charge >= 0.3 is 0 Å². The molecule has 8 nitrogen and oxygen atoms in total. The summed E-state index contributed by atoms with van der Waals surface area (Å²) in [7, 11) is 1.71. The Labute approximate surface area is 146 Å². The normalized spacial score (nSPS) is 12.0. The van der Waals surface area contributed by atoms with Gasteiger partial charge in [0, 0.05) is 13.1 Å². The first-order valence-corrected chi connectivity index (χ1v) is 7.63. The average molecular weight is 363 g/mol. The van der Waals surface area contributed by atoms with E-state index in [1.165, 1.54) is 23.1 Å². The number of hydrogen-bond acceptors (Lipinski definition) is 6. The molecule has 0 fully saturated rings. The Morgan fingerprint density at radius 3 is 2.77 bits per heavy atom. The van der Waals surface area contributed by atoms with Crippen molar-refractivity contribution in [3.63, 3.8) is 0 Å². The summed E-state index contributed by atoms with van der Waals surface area (Å²) in [6.07, 6.45) is 1.38. The minimum absolute atomic E-state index is 0.00613. The van der Waals surface area contributed by atoms with Gasteiger partial charge in [-0.25, -0.2) is 13.8 Å². The van der Waals surface area contributed by atoms with E-state index >= 15 is 0 Å². The van der Waals surface area contributed by atoms with Crippen LogP contribution in [0.25, 0.3) is 0 Å². The number of carbonyl (C=O) groups is 1. The minimum atomic E-state index is -0.833. The van der Waals surface area contributed by atoms with Gasteiger partial charge in [-0.15, -0.1) is 0 Å². The third kappa shape index (κ3) is 3.68. The molecule has 136 valence electrons. The van der Waals surface area contributed by atoms with Crippen molar-refractivity contribution in [2.45, 2.75) is 19.6 Å². The molecule has 0 aliphatic rings. The fourth-order valence-corrected chi connectivity index (χ4v) is 2.28. The fourth-order valence-electron chi connectivity index (χ4n) is 2.28. The van der Waals surface area contributed by atoms with Crippen LogP contribution < -0.4 is 10.1 Å². The SMILES string of the molecule is C[C@@H](NC(=O)c1cc(COc2c(F)cccc2F)on1)c1ncnn1C. The number of para-hydroxylation sites is 1. The lowest BCUT2D eigenvalue weighted by molar-refractivity contribution is 0.0928. The molecule has 0 aliphatic carbocycles. The van der Waals surface area contributed by atoms with E-state index in [1.807, 2.05) is 0 Å². The monoisotopic (exact) mass is 363 g/mol. The molecule has 3 rings (SSSR count). The average Bonchev–Trinajstić information content (AvgIpc) is 3.23. The van der Waals surface area contributed by atoms with E-state index in [2.05, 4.69) is 20.6 Å². The van der Waals surface area contributed by atoms with E-state index in [9.17, 15) is 13.6 Å². The summed E-state index contributed by atoms with van der Waals surface area (Å²) in [6.45, 7) is 1.46. The van der Waals surface area contributed by atoms with Crippen molar-refractivity contribution in [1.82, 2.24) is 25.2 Å². The highest BCUT2D eigenvalue weighted by molar-refractivity contribution is 5.92. The molecule has 1 aromatic carbocycles. The van der Waals surface area contributed by atoms with Gasteiger partial charge in [-0.2, -0.15) is 5.10 Å². The van der Waals surface area contributed by atoms with Crippen molar-refractivity contribution in [2.75, 3.05) is 0 Å². The Bertz CT molecular complexity index is 904. The number of carbonyl (C=O) groups excluding carboxylic acids is 1. The molecule has 1 amide bonds. The molecule has 0 bridgehead atoms. The van der Waals surface area contributed by atoms with E-state index in [0.29, 0.717) is 5.82 Å². The third-order valence-corrected chi connectivity index (χ3v) is 3.55. The number of benzene rings is 1. The van der Waals surface area contributed by atoms with E-state index in [4.69, 9.17) is 9.26 Å². The molecule has 0 saturated heterocycles. The van der Waals surface area contributed by atoms with Crippen LogP contribution in [0, 0.1) is 11.6 Å². The van der Waals surface area contributed by atoms with Crippen LogP contribution in [0.1, 0.15) is 35.0 Å². The van der Waals surface area contributed by atoms with Crippen LogP contribution in [0.5, 0.6) is 5.75 Å². The second kappa shape index (κ2) is 7.30. The predicted octanol–water partition coefficient (Wildman–Crippen LogP) is 2.15. The molecular weight excluding hydrogens is 348 g/mol. The smallest absolute Gasteiger partial charge is 0.274 e. The molecular formula is C16H15F2N5O3. The Morgan fingerprint density at radius 2 is 2.12 bits per heavy atom. The number of ether oxygens (including phenoxy) is 1. The maximum Gasteiger partial charge on any atom is 0.274 e. The molecule has 1 atom stereocenters. The highest BCUT2D eigenvalue weighted by Crippen LogP contribution is 2.22. The molecule has 2 aromatic heterocycles. The third-order valence-electron chi connectivity index (χ3n) is 3.55. The number of halogens is 2. The minimum Gasteiger partial charge on any atom is -0.479 e. The van der Waals surface area contributed by atoms with E-state index in [1.54, 1.807) is 14.0 Å². The molecule has 1 N–H and O–H groups in total. The fraction of sp³-hybridized carbons (Fsp3) is 0.250. The summed E-state index contributed by atoms with van der Waals surface area (Å²) in [5.41, 5.74) is 0.00613. The summed E-state index contributed by atoms with van der Waals surface area (Å²) < 4.78 is 38.6. The first-order valence-electron chi connectivity index (χ1n) is 7.63. The molecule has 0 unspecified atom stereocenters. The summed E-state index contributed by atoms with van der Waals surface area (Å²) >= 11 is 0. The van der Waals surface area contributed by atoms with Crippen molar-refractivity contribution in [2.24, 2.45) is 7.05 Å². The van der Waals surface area contributed by atoms with E-state index in [0.717, 1.165) is 12.1 Å². The van der Waals surface area contributed by atoms with Crippen molar-refractivity contribution >= 4 is 5.91 Å². The number of amides is 1. The lowest BCUT2D eigenvalue weighted by Gasteiger charge is -2.11. The maximum absolute atomic E-state index is 13.5. The Morgan fingerprint density at radius 1 is 1.38 bits per heavy atom. The molecule has 0 saturated carbocycles. The number of rotatable bonds is 6. The first-order chi connectivity index (χ1) is 12.5. The molecule has 0 spiro atoms. The lowest BCUT2D eigenvalue weighted by Crippen LogP contribution is -2.28. The van der Waals surface area contributed by atoms with Crippen LogP contribution in [0.4, 0.5) is 8.78 Å². The highest BCUT2D eigenvalue weighted by atomic mass is 19.1. The Kier molecular flexibility index (Phi) is 4.92. The van der Waals surface area contributed by atoms with Gasteiger partial charge in [-0.3, -0.25) is 9.48 Å². The number of nitrogens with one attached hydrogen (secondary N) is 1. The number of aromatic nitrogens is 4. The van der Waals surface area contributed by atoms with Crippen LogP contribution in [-0.4, -0.2) is 25.8 Å². The zero-order valence-electron chi connectivity index (χ0n) is 13.9. The lowest BCUT2D eigenvalue weighted by atomic mass is 10.3. The maximum atomic E-state index is 13.5. The van der Waals surface area contributed by atoms with Crippen LogP contribution in [0.15, 0.2) is 35.1 Å². The van der Waals surface area contributed by atoms with Gasteiger partial charge in [0.25, 0.3) is 5.91 Å². The van der Waals surface area contributed by atoms with Gasteiger partial charge in [0.15, 0.2) is 28.8 Å². The largest absolute Gasteiger partial charge is 0.479 e. The van der Waals surface area contributed by atoms with Gasteiger partial charge in [-0.1, -0.05) is 11.2 Å². The molecule has 10 heteroatoms. The molecule has 0 aliphatic heterocycles. The van der Waals surface area contributed by atoms with Gasteiger partial charge in [0.1, 0.15) is 18.8 Å². The predicted molar refractivity (Wildman–Crippen MR) is 84.1 cm³/mol. The van der Waals surface area contributed by atoms with Crippen molar-refractivity contribution in [3.8, 4) is 5.75 Å². The van der Waals surface area contributed by atoms with Crippen molar-refractivity contribution in [3.05, 3.63) is 59.5 Å². The summed E-state index contributed by atoms with van der Waals surface area (Å²) in [4.78, 5) is 16.3. The molecule has 26 heavy (non-hydrogen) atoms. The van der Waals surface area contributed by atoms with Gasteiger partial charge in [0.05, 0.1) is 6.04 Å². The summed E-state index contributed by atoms with van der Waals surface area (Å²) in [5, 5.41) is 10.3. The number of nitrogens with zero attached hydrogens (tertiary/aromatic N) is 4. The van der Waals surface area contributed by atoms with Gasteiger partial charge in [0.2, 0.25) is 0 Å². The van der Waals surface area contributed by atoms with Crippen LogP contribution >= 0.6 is 0 Å². The Balaban J connectivity index is 1.62. The van der Waals surface area contributed by atoms with E-state index in [-0.39, 0.29) is 18.1 Å². The molecule has 3 aromatic rings. The summed E-state index contributed by atoms with van der Waals surface area (Å²) in [6, 6.07) is 4.31. The number of aryl methyl sites for hydroxylation is 1. The number of hydrogen-bond donors (Lipinski definition) is 1. The van der Waals surface area contributed by atoms with Crippen LogP contribution in [0.3, 0.4) is 0 Å². The van der Waals surface area contributed by atoms with Gasteiger partial charge in [-0.05, 0) is 19.1 Å². The van der Waals surface area contributed by atoms with Crippen molar-refractivity contribution < 1.29 is 22.8 Å². The van der Waals surface area contributed by atoms with E-state index < -0.39 is 29.3 Å². The molecule has 2 heterocycles. The zero-order chi connectivity index (χ0) is 18.7. The van der Waals surface area contributed by atoms with Crippen LogP contribution in [-0.2, 0) is 13.7 Å². The van der Waals surface area contributed by atoms with Crippen molar-refractivity contribution in [1.29, 1.82) is 0 Å². The first kappa shape index (κ1) is 17.5. The highest BCUT2D eigenvalue weighted by Gasteiger charge is 2.19. The van der Waals surface area contributed by atoms with Gasteiger partial charge < -0.3 is 14.6 Å². The Hall–Kier alpha value is -3.30.